The third-order valence-electron chi connectivity index (χ3n) is 4.37. The molecule has 0 amide bonds. The van der Waals surface area contributed by atoms with Crippen molar-refractivity contribution in [1.29, 1.82) is 0 Å². The molecule has 0 unspecified atom stereocenters. The summed E-state index contributed by atoms with van der Waals surface area (Å²) in [6.07, 6.45) is 4.91. The topological polar surface area (TPSA) is 58.9 Å². The van der Waals surface area contributed by atoms with Crippen molar-refractivity contribution in [3.8, 4) is 0 Å². The summed E-state index contributed by atoms with van der Waals surface area (Å²) in [5, 5.41) is 20.8. The molecule has 0 atom stereocenters. The molecule has 110 valence electrons. The Bertz CT molecular complexity index is 301. The van der Waals surface area contributed by atoms with Crippen LogP contribution in [0.25, 0.3) is 0 Å². The second-order valence-electron chi connectivity index (χ2n) is 6.10. The van der Waals surface area contributed by atoms with Crippen molar-refractivity contribution in [2.45, 2.75) is 56.1 Å². The summed E-state index contributed by atoms with van der Waals surface area (Å²) >= 11 is 0. The summed E-state index contributed by atoms with van der Waals surface area (Å²) < 4.78 is 10.5. The van der Waals surface area contributed by atoms with Gasteiger partial charge in [0.25, 0.3) is 0 Å². The zero-order valence-electron chi connectivity index (χ0n) is 11.7. The largest absolute Gasteiger partial charge is 0.390 e. The number of aliphatic hydroxyl groups is 2. The molecule has 0 bridgehead atoms. The van der Waals surface area contributed by atoms with E-state index < -0.39 is 11.2 Å². The van der Waals surface area contributed by atoms with Crippen LogP contribution in [0, 0.1) is 0 Å². The van der Waals surface area contributed by atoms with Crippen LogP contribution in [0.5, 0.6) is 0 Å². The van der Waals surface area contributed by atoms with E-state index in [-0.39, 0.29) is 0 Å². The SMILES string of the molecule is C=C(CCC1(O)CCOCC1)CC1(O)CCOCC1. The van der Waals surface area contributed by atoms with Gasteiger partial charge in [0, 0.05) is 26.4 Å². The van der Waals surface area contributed by atoms with E-state index in [4.69, 9.17) is 9.47 Å². The molecule has 0 saturated carbocycles. The lowest BCUT2D eigenvalue weighted by Crippen LogP contribution is -2.37. The molecule has 0 aliphatic carbocycles. The Morgan fingerprint density at radius 2 is 1.37 bits per heavy atom. The Hall–Kier alpha value is -0.420. The smallest absolute Gasteiger partial charge is 0.0728 e. The maximum absolute atomic E-state index is 10.4. The van der Waals surface area contributed by atoms with Crippen LogP contribution in [-0.2, 0) is 9.47 Å². The Balaban J connectivity index is 1.74. The van der Waals surface area contributed by atoms with Crippen molar-refractivity contribution in [3.05, 3.63) is 12.2 Å². The van der Waals surface area contributed by atoms with E-state index in [2.05, 4.69) is 6.58 Å². The highest BCUT2D eigenvalue weighted by Crippen LogP contribution is 2.32. The second kappa shape index (κ2) is 6.35. The first-order chi connectivity index (χ1) is 9.02. The average Bonchev–Trinajstić information content (AvgIpc) is 2.38. The van der Waals surface area contributed by atoms with Gasteiger partial charge >= 0.3 is 0 Å². The summed E-state index contributed by atoms with van der Waals surface area (Å²) in [6.45, 7) is 6.61. The first-order valence-corrected chi connectivity index (χ1v) is 7.28. The first-order valence-electron chi connectivity index (χ1n) is 7.28. The molecule has 2 fully saturated rings. The summed E-state index contributed by atoms with van der Waals surface area (Å²) in [5.41, 5.74) is -0.211. The molecule has 0 spiro atoms. The Morgan fingerprint density at radius 3 is 1.89 bits per heavy atom. The van der Waals surface area contributed by atoms with Gasteiger partial charge in [-0.2, -0.15) is 0 Å². The van der Waals surface area contributed by atoms with Gasteiger partial charge in [-0.25, -0.2) is 0 Å². The van der Waals surface area contributed by atoms with Gasteiger partial charge in [-0.3, -0.25) is 0 Å². The predicted octanol–water partition coefficient (Wildman–Crippen LogP) is 1.80. The Labute approximate surface area is 115 Å². The van der Waals surface area contributed by atoms with Crippen LogP contribution in [0.2, 0.25) is 0 Å². The maximum Gasteiger partial charge on any atom is 0.0728 e. The van der Waals surface area contributed by atoms with E-state index in [1.165, 1.54) is 0 Å². The highest BCUT2D eigenvalue weighted by molar-refractivity contribution is 5.03. The van der Waals surface area contributed by atoms with Crippen molar-refractivity contribution in [2.24, 2.45) is 0 Å². The van der Waals surface area contributed by atoms with Gasteiger partial charge in [-0.05, 0) is 44.9 Å². The zero-order chi connectivity index (χ0) is 13.8. The molecule has 19 heavy (non-hydrogen) atoms. The van der Waals surface area contributed by atoms with Gasteiger partial charge in [0.1, 0.15) is 0 Å². The molecule has 4 nitrogen and oxygen atoms in total. The number of hydrogen-bond donors (Lipinski definition) is 2. The quantitative estimate of drug-likeness (QED) is 0.748. The third-order valence-corrected chi connectivity index (χ3v) is 4.37. The molecule has 2 aliphatic rings. The van der Waals surface area contributed by atoms with Crippen LogP contribution < -0.4 is 0 Å². The summed E-state index contributed by atoms with van der Waals surface area (Å²) in [4.78, 5) is 0. The number of hydrogen-bond acceptors (Lipinski definition) is 4. The summed E-state index contributed by atoms with van der Waals surface area (Å²) in [6, 6.07) is 0. The lowest BCUT2D eigenvalue weighted by molar-refractivity contribution is -0.0716. The fourth-order valence-corrected chi connectivity index (χ4v) is 2.89. The van der Waals surface area contributed by atoms with E-state index in [9.17, 15) is 10.2 Å². The molecule has 2 N–H and O–H groups in total. The van der Waals surface area contributed by atoms with Gasteiger partial charge in [0.05, 0.1) is 11.2 Å². The molecule has 2 aliphatic heterocycles. The minimum absolute atomic E-state index is 0.598. The van der Waals surface area contributed by atoms with Crippen LogP contribution in [0.1, 0.15) is 44.9 Å². The van der Waals surface area contributed by atoms with Crippen LogP contribution in [0.3, 0.4) is 0 Å². The maximum atomic E-state index is 10.4. The van der Waals surface area contributed by atoms with Crippen molar-refractivity contribution in [3.63, 3.8) is 0 Å². The first kappa shape index (κ1) is 15.0. The van der Waals surface area contributed by atoms with E-state index in [0.29, 0.717) is 58.5 Å². The predicted molar refractivity (Wildman–Crippen MR) is 73.0 cm³/mol. The van der Waals surface area contributed by atoms with E-state index >= 15 is 0 Å². The normalized spacial score (nSPS) is 26.0. The summed E-state index contributed by atoms with van der Waals surface area (Å²) in [7, 11) is 0. The van der Waals surface area contributed by atoms with Crippen molar-refractivity contribution >= 4 is 0 Å². The molecule has 2 saturated heterocycles. The van der Waals surface area contributed by atoms with Crippen LogP contribution in [-0.4, -0.2) is 47.8 Å². The average molecular weight is 270 g/mol. The fourth-order valence-electron chi connectivity index (χ4n) is 2.89. The molecular weight excluding hydrogens is 244 g/mol. The fraction of sp³-hybridized carbons (Fsp3) is 0.867. The monoisotopic (exact) mass is 270 g/mol. The zero-order valence-corrected chi connectivity index (χ0v) is 11.7. The molecule has 0 radical (unpaired) electrons. The van der Waals surface area contributed by atoms with E-state index in [1.54, 1.807) is 0 Å². The lowest BCUT2D eigenvalue weighted by Gasteiger charge is -2.35. The van der Waals surface area contributed by atoms with Crippen LogP contribution in [0.4, 0.5) is 0 Å². The molecule has 2 heterocycles. The molecule has 4 heteroatoms. The highest BCUT2D eigenvalue weighted by Gasteiger charge is 2.32. The van der Waals surface area contributed by atoms with Gasteiger partial charge in [-0.15, -0.1) is 0 Å². The van der Waals surface area contributed by atoms with Gasteiger partial charge in [0.2, 0.25) is 0 Å². The van der Waals surface area contributed by atoms with Crippen molar-refractivity contribution in [2.75, 3.05) is 26.4 Å². The van der Waals surface area contributed by atoms with Gasteiger partial charge in [0.15, 0.2) is 0 Å². The van der Waals surface area contributed by atoms with Crippen LogP contribution >= 0.6 is 0 Å². The highest BCUT2D eigenvalue weighted by atomic mass is 16.5. The van der Waals surface area contributed by atoms with Crippen molar-refractivity contribution in [1.82, 2.24) is 0 Å². The van der Waals surface area contributed by atoms with Crippen LogP contribution in [0.15, 0.2) is 12.2 Å². The Kier molecular flexibility index (Phi) is 5.01. The number of rotatable bonds is 5. The molecule has 0 aromatic carbocycles. The minimum atomic E-state index is -0.645. The third kappa shape index (κ3) is 4.56. The molecule has 2 rings (SSSR count). The Morgan fingerprint density at radius 1 is 0.895 bits per heavy atom. The standard InChI is InChI=1S/C15H26O4/c1-13(12-15(17)6-10-19-11-7-15)2-3-14(16)4-8-18-9-5-14/h16-17H,1-12H2. The van der Waals surface area contributed by atoms with E-state index in [0.717, 1.165) is 18.4 Å². The van der Waals surface area contributed by atoms with Gasteiger partial charge < -0.3 is 19.7 Å². The lowest BCUT2D eigenvalue weighted by atomic mass is 9.83. The molecule has 0 aromatic heterocycles. The minimum Gasteiger partial charge on any atom is -0.390 e. The molecule has 0 aromatic rings. The second-order valence-corrected chi connectivity index (χ2v) is 6.10. The number of ether oxygens (including phenoxy) is 2. The van der Waals surface area contributed by atoms with Gasteiger partial charge in [-0.1, -0.05) is 12.2 Å². The molecular formula is C15H26O4. The summed E-state index contributed by atoms with van der Waals surface area (Å²) in [5.74, 6) is 0. The van der Waals surface area contributed by atoms with Crippen molar-refractivity contribution < 1.29 is 19.7 Å². The van der Waals surface area contributed by atoms with E-state index in [1.807, 2.05) is 0 Å².